The summed E-state index contributed by atoms with van der Waals surface area (Å²) in [6.07, 6.45) is 2.76. The molecule has 2 heterocycles. The van der Waals surface area contributed by atoms with Gasteiger partial charge in [-0.05, 0) is 42.0 Å². The summed E-state index contributed by atoms with van der Waals surface area (Å²) in [6.45, 7) is 0.971. The van der Waals surface area contributed by atoms with Crippen LogP contribution in [0.5, 0.6) is 0 Å². The van der Waals surface area contributed by atoms with Gasteiger partial charge in [-0.3, -0.25) is 4.98 Å². The third-order valence-corrected chi connectivity index (χ3v) is 3.86. The highest BCUT2D eigenvalue weighted by molar-refractivity contribution is 6.33. The first-order valence-electron chi connectivity index (χ1n) is 7.36. The van der Waals surface area contributed by atoms with E-state index in [0.717, 1.165) is 22.6 Å². The number of furan rings is 1. The van der Waals surface area contributed by atoms with Crippen molar-refractivity contribution < 1.29 is 9.52 Å². The Morgan fingerprint density at radius 1 is 1.09 bits per heavy atom. The maximum atomic E-state index is 10.1. The second-order valence-corrected chi connectivity index (χ2v) is 5.58. The molecule has 0 amide bonds. The van der Waals surface area contributed by atoms with E-state index in [0.29, 0.717) is 18.1 Å². The van der Waals surface area contributed by atoms with Gasteiger partial charge in [0.1, 0.15) is 11.5 Å². The van der Waals surface area contributed by atoms with Crippen LogP contribution >= 0.6 is 11.6 Å². The van der Waals surface area contributed by atoms with Crippen molar-refractivity contribution in [1.29, 1.82) is 0 Å². The van der Waals surface area contributed by atoms with Gasteiger partial charge in [0.05, 0.1) is 17.7 Å². The molecule has 3 rings (SSSR count). The fourth-order valence-electron chi connectivity index (χ4n) is 2.31. The molecular weight excluding hydrogens is 312 g/mol. The lowest BCUT2D eigenvalue weighted by Gasteiger charge is -2.11. The number of nitrogens with one attached hydrogen (secondary N) is 1. The summed E-state index contributed by atoms with van der Waals surface area (Å²) in [4.78, 5) is 3.94. The lowest BCUT2D eigenvalue weighted by molar-refractivity contribution is 0.173. The van der Waals surface area contributed by atoms with Crippen LogP contribution in [0, 0.1) is 0 Å². The smallest absolute Gasteiger partial charge is 0.135 e. The predicted octanol–water partition coefficient (Wildman–Crippen LogP) is 3.82. The summed E-state index contributed by atoms with van der Waals surface area (Å²) < 4.78 is 5.80. The molecule has 118 valence electrons. The van der Waals surface area contributed by atoms with Gasteiger partial charge in [0, 0.05) is 24.5 Å². The first-order chi connectivity index (χ1) is 11.2. The molecule has 4 nitrogen and oxygen atoms in total. The van der Waals surface area contributed by atoms with Crippen LogP contribution in [0.15, 0.2) is 65.3 Å². The molecule has 0 aliphatic rings. The molecular formula is C18H17ClN2O2. The van der Waals surface area contributed by atoms with E-state index in [2.05, 4.69) is 10.3 Å². The summed E-state index contributed by atoms with van der Waals surface area (Å²) in [5.74, 6) is 1.53. The van der Waals surface area contributed by atoms with Gasteiger partial charge in [0.15, 0.2) is 0 Å². The Hall–Kier alpha value is -2.14. The topological polar surface area (TPSA) is 58.3 Å². The van der Waals surface area contributed by atoms with E-state index in [1.54, 1.807) is 24.5 Å². The Balaban J connectivity index is 1.57. The van der Waals surface area contributed by atoms with E-state index in [4.69, 9.17) is 16.0 Å². The van der Waals surface area contributed by atoms with Gasteiger partial charge >= 0.3 is 0 Å². The number of aliphatic hydroxyl groups is 1. The minimum absolute atomic E-state index is 0.437. The molecule has 0 radical (unpaired) electrons. The molecule has 2 N–H and O–H groups in total. The summed E-state index contributed by atoms with van der Waals surface area (Å²) >= 11 is 6.17. The summed E-state index contributed by atoms with van der Waals surface area (Å²) in [5.41, 5.74) is 1.71. The monoisotopic (exact) mass is 328 g/mol. The van der Waals surface area contributed by atoms with Gasteiger partial charge in [0.25, 0.3) is 0 Å². The maximum absolute atomic E-state index is 10.1. The zero-order valence-electron chi connectivity index (χ0n) is 12.4. The van der Waals surface area contributed by atoms with Crippen LogP contribution < -0.4 is 5.32 Å². The number of benzene rings is 1. The molecule has 1 unspecified atom stereocenters. The number of rotatable bonds is 6. The second-order valence-electron chi connectivity index (χ2n) is 5.17. The lowest BCUT2D eigenvalue weighted by Crippen LogP contribution is -2.20. The van der Waals surface area contributed by atoms with E-state index in [-0.39, 0.29) is 0 Å². The fourth-order valence-corrected chi connectivity index (χ4v) is 2.54. The normalized spacial score (nSPS) is 12.3. The second kappa shape index (κ2) is 7.42. The molecule has 0 saturated carbocycles. The molecule has 0 aliphatic carbocycles. The highest BCUT2D eigenvalue weighted by Gasteiger charge is 2.09. The third-order valence-electron chi connectivity index (χ3n) is 3.53. The van der Waals surface area contributed by atoms with Gasteiger partial charge in [-0.25, -0.2) is 0 Å². The van der Waals surface area contributed by atoms with Crippen molar-refractivity contribution in [2.24, 2.45) is 0 Å². The fraction of sp³-hybridized carbons (Fsp3) is 0.167. The van der Waals surface area contributed by atoms with Crippen molar-refractivity contribution in [3.05, 3.63) is 77.3 Å². The molecule has 0 fully saturated rings. The number of aromatic nitrogens is 1. The molecule has 1 aromatic carbocycles. The quantitative estimate of drug-likeness (QED) is 0.722. The minimum Gasteiger partial charge on any atom is -0.460 e. The number of pyridine rings is 1. The summed E-state index contributed by atoms with van der Waals surface area (Å²) in [7, 11) is 0. The first-order valence-corrected chi connectivity index (χ1v) is 7.74. The van der Waals surface area contributed by atoms with Crippen LogP contribution in [0.4, 0.5) is 0 Å². The largest absolute Gasteiger partial charge is 0.460 e. The zero-order chi connectivity index (χ0) is 16.1. The highest BCUT2D eigenvalue weighted by atomic mass is 35.5. The van der Waals surface area contributed by atoms with Gasteiger partial charge in [-0.15, -0.1) is 0 Å². The lowest BCUT2D eigenvalue weighted by atomic mass is 10.1. The van der Waals surface area contributed by atoms with E-state index < -0.39 is 6.10 Å². The van der Waals surface area contributed by atoms with E-state index in [1.165, 1.54) is 0 Å². The Labute approximate surface area is 139 Å². The van der Waals surface area contributed by atoms with Crippen LogP contribution in [-0.4, -0.2) is 16.6 Å². The van der Waals surface area contributed by atoms with Crippen LogP contribution in [0.1, 0.15) is 17.4 Å². The van der Waals surface area contributed by atoms with E-state index >= 15 is 0 Å². The van der Waals surface area contributed by atoms with Crippen molar-refractivity contribution in [3.8, 4) is 11.3 Å². The number of nitrogens with zero attached hydrogens (tertiary/aromatic N) is 1. The summed E-state index contributed by atoms with van der Waals surface area (Å²) in [6, 6.07) is 15.0. The van der Waals surface area contributed by atoms with Crippen LogP contribution in [0.25, 0.3) is 11.3 Å². The van der Waals surface area contributed by atoms with Crippen molar-refractivity contribution in [2.75, 3.05) is 6.54 Å². The Bertz CT molecular complexity index is 758. The molecule has 2 aromatic heterocycles. The highest BCUT2D eigenvalue weighted by Crippen LogP contribution is 2.28. The summed E-state index contributed by atoms with van der Waals surface area (Å²) in [5, 5.41) is 13.9. The molecule has 0 saturated heterocycles. The molecule has 0 spiro atoms. The average Bonchev–Trinajstić information content (AvgIpc) is 3.04. The van der Waals surface area contributed by atoms with Crippen LogP contribution in [-0.2, 0) is 6.54 Å². The SMILES string of the molecule is OC(CNCc1ccc(-c2ccccc2Cl)o1)c1ccncc1. The van der Waals surface area contributed by atoms with E-state index in [1.807, 2.05) is 36.4 Å². The van der Waals surface area contributed by atoms with Crippen molar-refractivity contribution in [3.63, 3.8) is 0 Å². The molecule has 5 heteroatoms. The standard InChI is InChI=1S/C18H17ClN2O2/c19-16-4-2-1-3-15(16)18-6-5-14(23-18)11-21-12-17(22)13-7-9-20-10-8-13/h1-10,17,21-22H,11-12H2. The Kier molecular flexibility index (Phi) is 5.08. The van der Waals surface area contributed by atoms with E-state index in [9.17, 15) is 5.11 Å². The number of aliphatic hydroxyl groups excluding tert-OH is 1. The molecule has 0 bridgehead atoms. The molecule has 0 aliphatic heterocycles. The van der Waals surface area contributed by atoms with Gasteiger partial charge < -0.3 is 14.8 Å². The molecule has 23 heavy (non-hydrogen) atoms. The van der Waals surface area contributed by atoms with Crippen molar-refractivity contribution in [1.82, 2.24) is 10.3 Å². The third kappa shape index (κ3) is 3.99. The van der Waals surface area contributed by atoms with Crippen molar-refractivity contribution >= 4 is 11.6 Å². The van der Waals surface area contributed by atoms with Crippen LogP contribution in [0.3, 0.4) is 0 Å². The van der Waals surface area contributed by atoms with Crippen molar-refractivity contribution in [2.45, 2.75) is 12.6 Å². The Morgan fingerprint density at radius 2 is 1.87 bits per heavy atom. The number of hydrogen-bond donors (Lipinski definition) is 2. The predicted molar refractivity (Wildman–Crippen MR) is 90.1 cm³/mol. The number of halogens is 1. The number of hydrogen-bond acceptors (Lipinski definition) is 4. The minimum atomic E-state index is -0.573. The average molecular weight is 329 g/mol. The maximum Gasteiger partial charge on any atom is 0.135 e. The molecule has 1 atom stereocenters. The molecule has 3 aromatic rings. The van der Waals surface area contributed by atoms with Gasteiger partial charge in [0.2, 0.25) is 0 Å². The first kappa shape index (κ1) is 15.7. The zero-order valence-corrected chi connectivity index (χ0v) is 13.2. The van der Waals surface area contributed by atoms with Crippen LogP contribution in [0.2, 0.25) is 5.02 Å². The van der Waals surface area contributed by atoms with Gasteiger partial charge in [-0.1, -0.05) is 23.7 Å². The van der Waals surface area contributed by atoms with Gasteiger partial charge in [-0.2, -0.15) is 0 Å². The Morgan fingerprint density at radius 3 is 2.65 bits per heavy atom.